The molecule has 7 heteroatoms. The highest BCUT2D eigenvalue weighted by molar-refractivity contribution is 7.96. The van der Waals surface area contributed by atoms with E-state index < -0.39 is 11.9 Å². The van der Waals surface area contributed by atoms with Crippen LogP contribution in [0, 0.1) is 17.2 Å². The molecule has 0 aliphatic heterocycles. The first kappa shape index (κ1) is 16.7. The standard InChI is InChI=1S/C14H15N3O3S/c1-10(14(20)21)8-17(9-13(18)19)16-7-12-4-2-11(6-15)3-5-12/h2-5,7,10H,8-9H2,1H3,(H,18,19)(H,20,21). The number of hydrogen-bond acceptors (Lipinski definition) is 5. The number of carboxylic acids is 1. The summed E-state index contributed by atoms with van der Waals surface area (Å²) in [5.41, 5.74) is 1.26. The molecule has 0 bridgehead atoms. The van der Waals surface area contributed by atoms with Gasteiger partial charge in [0.25, 0.3) is 0 Å². The van der Waals surface area contributed by atoms with Gasteiger partial charge in [0.05, 0.1) is 17.8 Å². The van der Waals surface area contributed by atoms with Crippen LogP contribution < -0.4 is 0 Å². The predicted molar refractivity (Wildman–Crippen MR) is 81.1 cm³/mol. The predicted octanol–water partition coefficient (Wildman–Crippen LogP) is 1.37. The number of nitriles is 1. The lowest BCUT2D eigenvalue weighted by atomic mass is 10.2. The molecule has 0 fully saturated rings. The van der Waals surface area contributed by atoms with Gasteiger partial charge in [-0.2, -0.15) is 10.4 Å². The lowest BCUT2D eigenvalue weighted by Gasteiger charge is -2.19. The number of carboxylic acid groups (broad SMARTS) is 1. The molecule has 1 rings (SSSR count). The molecular formula is C14H15N3O3S. The maximum absolute atomic E-state index is 11.1. The molecule has 0 aliphatic carbocycles. The van der Waals surface area contributed by atoms with E-state index in [-0.39, 0.29) is 18.2 Å². The topological polar surface area (TPSA) is 93.8 Å². The van der Waals surface area contributed by atoms with Crippen molar-refractivity contribution >= 4 is 29.9 Å². The third kappa shape index (κ3) is 6.10. The Morgan fingerprint density at radius 1 is 1.48 bits per heavy atom. The Balaban J connectivity index is 2.78. The molecule has 1 N–H and O–H groups in total. The molecule has 0 spiro atoms. The summed E-state index contributed by atoms with van der Waals surface area (Å²) in [6.45, 7) is 1.51. The molecule has 0 saturated carbocycles. The summed E-state index contributed by atoms with van der Waals surface area (Å²) in [5, 5.41) is 22.6. The van der Waals surface area contributed by atoms with Gasteiger partial charge in [-0.15, -0.1) is 12.6 Å². The molecule has 0 amide bonds. The van der Waals surface area contributed by atoms with Gasteiger partial charge >= 0.3 is 5.97 Å². The van der Waals surface area contributed by atoms with Gasteiger partial charge in [0.2, 0.25) is 0 Å². The van der Waals surface area contributed by atoms with Crippen molar-refractivity contribution in [1.82, 2.24) is 5.01 Å². The van der Waals surface area contributed by atoms with Crippen LogP contribution in [-0.2, 0) is 9.59 Å². The summed E-state index contributed by atoms with van der Waals surface area (Å²) in [7, 11) is 0. The van der Waals surface area contributed by atoms with Crippen molar-refractivity contribution in [3.05, 3.63) is 35.4 Å². The van der Waals surface area contributed by atoms with Gasteiger partial charge < -0.3 is 5.11 Å². The lowest BCUT2D eigenvalue weighted by molar-refractivity contribution is -0.138. The molecule has 0 saturated heterocycles. The number of carbonyl (C=O) groups excluding carboxylic acids is 1. The molecule has 1 aromatic rings. The summed E-state index contributed by atoms with van der Waals surface area (Å²) in [6.07, 6.45) is 1.49. The van der Waals surface area contributed by atoms with Crippen LogP contribution in [0.25, 0.3) is 0 Å². The Morgan fingerprint density at radius 3 is 2.57 bits per heavy atom. The van der Waals surface area contributed by atoms with Gasteiger partial charge in [-0.05, 0) is 17.7 Å². The maximum Gasteiger partial charge on any atom is 0.324 e. The van der Waals surface area contributed by atoms with E-state index in [2.05, 4.69) is 17.7 Å². The largest absolute Gasteiger partial charge is 0.480 e. The molecular weight excluding hydrogens is 290 g/mol. The minimum Gasteiger partial charge on any atom is -0.480 e. The molecule has 1 unspecified atom stereocenters. The molecule has 6 nitrogen and oxygen atoms in total. The van der Waals surface area contributed by atoms with E-state index in [1.807, 2.05) is 6.07 Å². The van der Waals surface area contributed by atoms with Crippen molar-refractivity contribution in [1.29, 1.82) is 5.26 Å². The van der Waals surface area contributed by atoms with E-state index in [1.54, 1.807) is 31.2 Å². The highest BCUT2D eigenvalue weighted by Gasteiger charge is 2.15. The van der Waals surface area contributed by atoms with Crippen molar-refractivity contribution in [3.63, 3.8) is 0 Å². The molecule has 110 valence electrons. The second kappa shape index (κ2) is 8.07. The number of rotatable bonds is 7. The number of thiol groups is 1. The van der Waals surface area contributed by atoms with Crippen molar-refractivity contribution in [2.45, 2.75) is 6.92 Å². The van der Waals surface area contributed by atoms with Crippen LogP contribution in [0.2, 0.25) is 0 Å². The minimum absolute atomic E-state index is 0.168. The molecule has 0 aliphatic rings. The van der Waals surface area contributed by atoms with E-state index in [4.69, 9.17) is 10.4 Å². The molecule has 0 heterocycles. The average Bonchev–Trinajstić information content (AvgIpc) is 2.44. The normalized spacial score (nSPS) is 11.9. The Hall–Kier alpha value is -2.33. The smallest absolute Gasteiger partial charge is 0.324 e. The highest BCUT2D eigenvalue weighted by Crippen LogP contribution is 2.06. The van der Waals surface area contributed by atoms with Gasteiger partial charge in [0.1, 0.15) is 6.54 Å². The third-order valence-electron chi connectivity index (χ3n) is 2.63. The third-order valence-corrected chi connectivity index (χ3v) is 3.07. The van der Waals surface area contributed by atoms with Crippen LogP contribution in [0.3, 0.4) is 0 Å². The summed E-state index contributed by atoms with van der Waals surface area (Å²) < 4.78 is 0. The van der Waals surface area contributed by atoms with Gasteiger partial charge in [0.15, 0.2) is 5.12 Å². The van der Waals surface area contributed by atoms with E-state index in [1.165, 1.54) is 11.2 Å². The highest BCUT2D eigenvalue weighted by atomic mass is 32.1. The Bertz CT molecular complexity index is 578. The van der Waals surface area contributed by atoms with E-state index in [9.17, 15) is 9.59 Å². The van der Waals surface area contributed by atoms with Crippen molar-refractivity contribution < 1.29 is 14.7 Å². The number of hydrogen-bond donors (Lipinski definition) is 2. The number of aliphatic carboxylic acids is 1. The summed E-state index contributed by atoms with van der Waals surface area (Å²) in [4.78, 5) is 21.9. The van der Waals surface area contributed by atoms with Crippen molar-refractivity contribution in [2.24, 2.45) is 11.0 Å². The number of benzene rings is 1. The van der Waals surface area contributed by atoms with E-state index in [0.29, 0.717) is 5.56 Å². The zero-order valence-corrected chi connectivity index (χ0v) is 12.3. The summed E-state index contributed by atoms with van der Waals surface area (Å²) in [5.74, 6) is -1.46. The van der Waals surface area contributed by atoms with Crippen LogP contribution in [0.5, 0.6) is 0 Å². The Labute approximate surface area is 128 Å². The van der Waals surface area contributed by atoms with Gasteiger partial charge in [-0.1, -0.05) is 19.1 Å². The fraction of sp³-hybridized carbons (Fsp3) is 0.286. The second-order valence-corrected chi connectivity index (χ2v) is 4.90. The minimum atomic E-state index is -1.04. The van der Waals surface area contributed by atoms with Crippen LogP contribution in [0.15, 0.2) is 29.4 Å². The molecule has 0 radical (unpaired) electrons. The monoisotopic (exact) mass is 305 g/mol. The molecule has 1 atom stereocenters. The second-order valence-electron chi connectivity index (χ2n) is 4.46. The molecule has 1 aromatic carbocycles. The fourth-order valence-electron chi connectivity index (χ4n) is 1.49. The van der Waals surface area contributed by atoms with Crippen LogP contribution in [0.1, 0.15) is 18.1 Å². The van der Waals surface area contributed by atoms with Gasteiger partial charge in [0, 0.05) is 12.5 Å². The van der Waals surface area contributed by atoms with Gasteiger partial charge in [-0.25, -0.2) is 0 Å². The van der Waals surface area contributed by atoms with Crippen LogP contribution in [0.4, 0.5) is 0 Å². The van der Waals surface area contributed by atoms with Crippen molar-refractivity contribution in [3.8, 4) is 6.07 Å². The number of nitrogens with zero attached hydrogens (tertiary/aromatic N) is 3. The van der Waals surface area contributed by atoms with E-state index >= 15 is 0 Å². The first-order valence-electron chi connectivity index (χ1n) is 6.16. The Kier molecular flexibility index (Phi) is 6.43. The molecule has 21 heavy (non-hydrogen) atoms. The lowest BCUT2D eigenvalue weighted by Crippen LogP contribution is -2.31. The SMILES string of the molecule is CC(CN(CC(=O)O)N=Cc1ccc(C#N)cc1)C(=O)S. The van der Waals surface area contributed by atoms with Gasteiger partial charge in [-0.3, -0.25) is 14.6 Å². The van der Waals surface area contributed by atoms with Crippen LogP contribution >= 0.6 is 12.6 Å². The zero-order chi connectivity index (χ0) is 15.8. The summed E-state index contributed by atoms with van der Waals surface area (Å²) >= 11 is 3.72. The summed E-state index contributed by atoms with van der Waals surface area (Å²) in [6, 6.07) is 8.69. The van der Waals surface area contributed by atoms with Crippen molar-refractivity contribution in [2.75, 3.05) is 13.1 Å². The molecule has 0 aromatic heterocycles. The number of hydrazone groups is 1. The maximum atomic E-state index is 11.1. The fourth-order valence-corrected chi connectivity index (χ4v) is 1.58. The van der Waals surface area contributed by atoms with Crippen LogP contribution in [-0.4, -0.2) is 40.5 Å². The first-order valence-corrected chi connectivity index (χ1v) is 6.60. The number of carbonyl (C=O) groups is 2. The zero-order valence-electron chi connectivity index (χ0n) is 11.4. The van der Waals surface area contributed by atoms with E-state index in [0.717, 1.165) is 5.56 Å². The Morgan fingerprint density at radius 2 is 2.10 bits per heavy atom. The quantitative estimate of drug-likeness (QED) is 0.451. The first-order chi connectivity index (χ1) is 9.92. The average molecular weight is 305 g/mol.